The highest BCUT2D eigenvalue weighted by atomic mass is 19.1. The molecule has 0 radical (unpaired) electrons. The predicted molar refractivity (Wildman–Crippen MR) is 61.4 cm³/mol. The fourth-order valence-electron chi connectivity index (χ4n) is 1.81. The van der Waals surface area contributed by atoms with E-state index in [-0.39, 0.29) is 13.2 Å². The van der Waals surface area contributed by atoms with Gasteiger partial charge in [0.05, 0.1) is 0 Å². The minimum absolute atomic E-state index is 0.0504. The third-order valence-electron chi connectivity index (χ3n) is 2.79. The van der Waals surface area contributed by atoms with Gasteiger partial charge >= 0.3 is 5.97 Å². The largest absolute Gasteiger partial charge is 0.480 e. The molecular weight excluding hydrogens is 241 g/mol. The Bertz CT molecular complexity index is 475. The quantitative estimate of drug-likeness (QED) is 0.849. The highest BCUT2D eigenvalue weighted by Crippen LogP contribution is 2.39. The highest BCUT2D eigenvalue weighted by Gasteiger charge is 2.23. The molecule has 0 amide bonds. The van der Waals surface area contributed by atoms with Crippen LogP contribution in [0, 0.1) is 0 Å². The lowest BCUT2D eigenvalue weighted by atomic mass is 10.0. The Labute approximate surface area is 103 Å². The van der Waals surface area contributed by atoms with Gasteiger partial charge in [0, 0.05) is 12.0 Å². The number of rotatable bonds is 4. The van der Waals surface area contributed by atoms with E-state index in [0.717, 1.165) is 0 Å². The number of halogens is 1. The first kappa shape index (κ1) is 12.6. The zero-order valence-electron chi connectivity index (χ0n) is 9.85. The number of fused-ring (bicyclic) bond motifs is 1. The summed E-state index contributed by atoms with van der Waals surface area (Å²) < 4.78 is 23.8. The maximum Gasteiger partial charge on any atom is 0.320 e. The molecule has 1 heterocycles. The van der Waals surface area contributed by atoms with Gasteiger partial charge in [-0.3, -0.25) is 4.79 Å². The second kappa shape index (κ2) is 4.81. The maximum atomic E-state index is 13.3. The van der Waals surface area contributed by atoms with Crippen LogP contribution in [0.5, 0.6) is 11.5 Å². The summed E-state index contributed by atoms with van der Waals surface area (Å²) >= 11 is 0. The minimum Gasteiger partial charge on any atom is -0.480 e. The van der Waals surface area contributed by atoms with Crippen molar-refractivity contribution >= 4 is 5.97 Å². The molecule has 6 heteroatoms. The van der Waals surface area contributed by atoms with Crippen LogP contribution < -0.4 is 15.2 Å². The van der Waals surface area contributed by atoms with Crippen LogP contribution in [0.2, 0.25) is 0 Å². The first-order chi connectivity index (χ1) is 8.49. The molecule has 0 aliphatic carbocycles. The summed E-state index contributed by atoms with van der Waals surface area (Å²) in [7, 11) is 0. The second-order valence-electron chi connectivity index (χ2n) is 4.18. The van der Waals surface area contributed by atoms with E-state index in [1.165, 1.54) is 6.92 Å². The van der Waals surface area contributed by atoms with Crippen molar-refractivity contribution in [3.63, 3.8) is 0 Å². The fraction of sp³-hybridized carbons (Fsp3) is 0.417. The number of hydrogen-bond acceptors (Lipinski definition) is 4. The standard InChI is InChI=1S/C12H14FNO4/c1-6(13)7-2-8(3-9(14)12(15)16)11-10(4-7)17-5-18-11/h2,4,6,9H,3,5,14H2,1H3,(H,15,16). The van der Waals surface area contributed by atoms with Gasteiger partial charge < -0.3 is 20.3 Å². The molecule has 18 heavy (non-hydrogen) atoms. The van der Waals surface area contributed by atoms with Gasteiger partial charge in [-0.05, 0) is 24.6 Å². The van der Waals surface area contributed by atoms with Gasteiger partial charge in [0.15, 0.2) is 11.5 Å². The number of nitrogens with two attached hydrogens (primary N) is 1. The molecule has 0 saturated carbocycles. The first-order valence-corrected chi connectivity index (χ1v) is 5.54. The Hall–Kier alpha value is -1.82. The SMILES string of the molecule is CC(F)c1cc(CC(N)C(=O)O)c2c(c1)OCO2. The van der Waals surface area contributed by atoms with Crippen molar-refractivity contribution in [3.8, 4) is 11.5 Å². The van der Waals surface area contributed by atoms with E-state index in [2.05, 4.69) is 0 Å². The van der Waals surface area contributed by atoms with E-state index in [4.69, 9.17) is 20.3 Å². The van der Waals surface area contributed by atoms with Crippen LogP contribution in [0.15, 0.2) is 12.1 Å². The van der Waals surface area contributed by atoms with Gasteiger partial charge in [0.25, 0.3) is 0 Å². The Morgan fingerprint density at radius 2 is 2.28 bits per heavy atom. The molecule has 5 nitrogen and oxygen atoms in total. The number of carboxylic acids is 1. The first-order valence-electron chi connectivity index (χ1n) is 5.54. The summed E-state index contributed by atoms with van der Waals surface area (Å²) in [4.78, 5) is 10.8. The third kappa shape index (κ3) is 2.38. The maximum absolute atomic E-state index is 13.3. The lowest BCUT2D eigenvalue weighted by molar-refractivity contribution is -0.138. The van der Waals surface area contributed by atoms with Gasteiger partial charge in [-0.1, -0.05) is 0 Å². The number of ether oxygens (including phenoxy) is 2. The molecule has 1 aromatic rings. The smallest absolute Gasteiger partial charge is 0.320 e. The van der Waals surface area contributed by atoms with E-state index in [0.29, 0.717) is 22.6 Å². The molecule has 0 bridgehead atoms. The second-order valence-corrected chi connectivity index (χ2v) is 4.18. The van der Waals surface area contributed by atoms with E-state index in [1.807, 2.05) is 0 Å². The van der Waals surface area contributed by atoms with Crippen LogP contribution >= 0.6 is 0 Å². The van der Waals surface area contributed by atoms with Crippen LogP contribution in [0.1, 0.15) is 24.2 Å². The van der Waals surface area contributed by atoms with Crippen LogP contribution in [-0.4, -0.2) is 23.9 Å². The Balaban J connectivity index is 2.36. The topological polar surface area (TPSA) is 81.8 Å². The average molecular weight is 255 g/mol. The summed E-state index contributed by atoms with van der Waals surface area (Å²) in [6.07, 6.45) is -1.10. The fourth-order valence-corrected chi connectivity index (χ4v) is 1.81. The van der Waals surface area contributed by atoms with Gasteiger partial charge in [0.1, 0.15) is 12.2 Å². The number of carboxylic acid groups (broad SMARTS) is 1. The molecule has 0 fully saturated rings. The van der Waals surface area contributed by atoms with E-state index in [9.17, 15) is 9.18 Å². The molecule has 0 aromatic heterocycles. The Morgan fingerprint density at radius 1 is 1.56 bits per heavy atom. The van der Waals surface area contributed by atoms with E-state index >= 15 is 0 Å². The molecule has 2 rings (SSSR count). The van der Waals surface area contributed by atoms with Gasteiger partial charge in [-0.2, -0.15) is 0 Å². The molecule has 2 unspecified atom stereocenters. The third-order valence-corrected chi connectivity index (χ3v) is 2.79. The zero-order chi connectivity index (χ0) is 13.3. The summed E-state index contributed by atoms with van der Waals surface area (Å²) in [6.45, 7) is 1.45. The summed E-state index contributed by atoms with van der Waals surface area (Å²) in [6, 6.07) is 2.08. The molecule has 0 saturated heterocycles. The Morgan fingerprint density at radius 3 is 2.89 bits per heavy atom. The zero-order valence-corrected chi connectivity index (χ0v) is 9.85. The van der Waals surface area contributed by atoms with Gasteiger partial charge in [0.2, 0.25) is 6.79 Å². The van der Waals surface area contributed by atoms with Crippen LogP contribution in [-0.2, 0) is 11.2 Å². The molecule has 1 aromatic carbocycles. The minimum atomic E-state index is -1.17. The lowest BCUT2D eigenvalue weighted by Crippen LogP contribution is -2.32. The summed E-state index contributed by atoms with van der Waals surface area (Å²) in [5.41, 5.74) is 6.46. The van der Waals surface area contributed by atoms with Crippen LogP contribution in [0.3, 0.4) is 0 Å². The number of benzene rings is 1. The number of aliphatic carboxylic acids is 1. The molecule has 98 valence electrons. The predicted octanol–water partition coefficient (Wildman–Crippen LogP) is 1.40. The van der Waals surface area contributed by atoms with Crippen molar-refractivity contribution in [2.75, 3.05) is 6.79 Å². The van der Waals surface area contributed by atoms with Crippen molar-refractivity contribution in [2.24, 2.45) is 5.73 Å². The number of hydrogen-bond donors (Lipinski definition) is 2. The van der Waals surface area contributed by atoms with Gasteiger partial charge in [-0.25, -0.2) is 4.39 Å². The van der Waals surface area contributed by atoms with Crippen LogP contribution in [0.4, 0.5) is 4.39 Å². The highest BCUT2D eigenvalue weighted by molar-refractivity contribution is 5.74. The van der Waals surface area contributed by atoms with Crippen molar-refractivity contribution in [2.45, 2.75) is 25.6 Å². The monoisotopic (exact) mass is 255 g/mol. The number of carbonyl (C=O) groups is 1. The van der Waals surface area contributed by atoms with Crippen molar-refractivity contribution in [3.05, 3.63) is 23.3 Å². The molecule has 1 aliphatic rings. The van der Waals surface area contributed by atoms with E-state index < -0.39 is 18.2 Å². The summed E-state index contributed by atoms with van der Waals surface area (Å²) in [5, 5.41) is 8.80. The average Bonchev–Trinajstić information content (AvgIpc) is 2.76. The molecule has 2 atom stereocenters. The van der Waals surface area contributed by atoms with E-state index in [1.54, 1.807) is 12.1 Å². The van der Waals surface area contributed by atoms with Crippen LogP contribution in [0.25, 0.3) is 0 Å². The molecule has 3 N–H and O–H groups in total. The molecular formula is C12H14FNO4. The Kier molecular flexibility index (Phi) is 3.38. The normalized spacial score (nSPS) is 16.4. The van der Waals surface area contributed by atoms with Gasteiger partial charge in [-0.15, -0.1) is 0 Å². The van der Waals surface area contributed by atoms with Crippen molar-refractivity contribution in [1.82, 2.24) is 0 Å². The van der Waals surface area contributed by atoms with Crippen molar-refractivity contribution in [1.29, 1.82) is 0 Å². The molecule has 1 aliphatic heterocycles. The summed E-state index contributed by atoms with van der Waals surface area (Å²) in [5.74, 6) is -0.220. The number of alkyl halides is 1. The van der Waals surface area contributed by atoms with Crippen molar-refractivity contribution < 1.29 is 23.8 Å². The lowest BCUT2D eigenvalue weighted by Gasteiger charge is -2.12. The molecule has 0 spiro atoms.